The summed E-state index contributed by atoms with van der Waals surface area (Å²) in [6.45, 7) is 1.15. The lowest BCUT2D eigenvalue weighted by Gasteiger charge is -2.37. The van der Waals surface area contributed by atoms with E-state index in [1.807, 2.05) is 73.6 Å². The van der Waals surface area contributed by atoms with E-state index in [4.69, 9.17) is 0 Å². The minimum Gasteiger partial charge on any atom is -0.378 e. The summed E-state index contributed by atoms with van der Waals surface area (Å²) < 4.78 is 0. The SMILES string of the molecule is CN(C)c1ccc(NC(=O)N2CCC(C#N)(c3ccccc3)CC2)cc1. The number of hydrogen-bond acceptors (Lipinski definition) is 3. The van der Waals surface area contributed by atoms with Gasteiger partial charge in [0.25, 0.3) is 0 Å². The van der Waals surface area contributed by atoms with Gasteiger partial charge in [0.15, 0.2) is 0 Å². The van der Waals surface area contributed by atoms with E-state index in [9.17, 15) is 10.1 Å². The minimum absolute atomic E-state index is 0.109. The Morgan fingerprint density at radius 1 is 1.08 bits per heavy atom. The predicted molar refractivity (Wildman–Crippen MR) is 104 cm³/mol. The number of carbonyl (C=O) groups excluding carboxylic acids is 1. The van der Waals surface area contributed by atoms with Crippen LogP contribution < -0.4 is 10.2 Å². The van der Waals surface area contributed by atoms with Crippen LogP contribution in [-0.2, 0) is 5.41 Å². The molecule has 3 rings (SSSR count). The summed E-state index contributed by atoms with van der Waals surface area (Å²) in [7, 11) is 3.96. The van der Waals surface area contributed by atoms with Crippen LogP contribution in [0.2, 0.25) is 0 Å². The predicted octanol–water partition coefficient (Wildman–Crippen LogP) is 3.84. The average molecular weight is 348 g/mol. The van der Waals surface area contributed by atoms with Crippen LogP contribution in [0.4, 0.5) is 16.2 Å². The van der Waals surface area contributed by atoms with E-state index in [-0.39, 0.29) is 6.03 Å². The Balaban J connectivity index is 1.62. The highest BCUT2D eigenvalue weighted by Gasteiger charge is 2.37. The van der Waals surface area contributed by atoms with Crippen LogP contribution >= 0.6 is 0 Å². The zero-order chi connectivity index (χ0) is 18.6. The molecule has 1 heterocycles. The molecule has 5 heteroatoms. The summed E-state index contributed by atoms with van der Waals surface area (Å²) >= 11 is 0. The molecule has 2 aromatic rings. The van der Waals surface area contributed by atoms with Crippen molar-refractivity contribution in [3.05, 3.63) is 60.2 Å². The second-order valence-electron chi connectivity index (χ2n) is 6.92. The third-order valence-electron chi connectivity index (χ3n) is 5.08. The molecule has 0 aromatic heterocycles. The lowest BCUT2D eigenvalue weighted by Crippen LogP contribution is -2.46. The highest BCUT2D eigenvalue weighted by atomic mass is 16.2. The number of anilines is 2. The maximum absolute atomic E-state index is 12.5. The summed E-state index contributed by atoms with van der Waals surface area (Å²) in [5.41, 5.74) is 2.41. The third-order valence-corrected chi connectivity index (χ3v) is 5.08. The molecule has 0 unspecified atom stereocenters. The molecular weight excluding hydrogens is 324 g/mol. The number of piperidine rings is 1. The number of nitriles is 1. The number of amides is 2. The fraction of sp³-hybridized carbons (Fsp3) is 0.333. The van der Waals surface area contributed by atoms with Crippen LogP contribution in [0, 0.1) is 11.3 Å². The van der Waals surface area contributed by atoms with Crippen molar-refractivity contribution in [3.63, 3.8) is 0 Å². The topological polar surface area (TPSA) is 59.4 Å². The summed E-state index contributed by atoms with van der Waals surface area (Å²) in [5.74, 6) is 0. The zero-order valence-electron chi connectivity index (χ0n) is 15.3. The number of rotatable bonds is 3. The number of urea groups is 1. The van der Waals surface area contributed by atoms with E-state index < -0.39 is 5.41 Å². The first-order chi connectivity index (χ1) is 12.5. The first-order valence-electron chi connectivity index (χ1n) is 8.84. The van der Waals surface area contributed by atoms with Crippen molar-refractivity contribution in [2.75, 3.05) is 37.4 Å². The van der Waals surface area contributed by atoms with E-state index in [1.54, 1.807) is 4.90 Å². The molecule has 1 aliphatic heterocycles. The van der Waals surface area contributed by atoms with Gasteiger partial charge in [-0.2, -0.15) is 5.26 Å². The van der Waals surface area contributed by atoms with Gasteiger partial charge in [-0.1, -0.05) is 30.3 Å². The number of nitrogens with zero attached hydrogens (tertiary/aromatic N) is 3. The molecule has 5 nitrogen and oxygen atoms in total. The first-order valence-corrected chi connectivity index (χ1v) is 8.84. The summed E-state index contributed by atoms with van der Waals surface area (Å²) in [4.78, 5) is 16.3. The standard InChI is InChI=1S/C21H24N4O/c1-24(2)19-10-8-18(9-11-19)23-20(26)25-14-12-21(16-22,13-15-25)17-6-4-3-5-7-17/h3-11H,12-15H2,1-2H3,(H,23,26). The Kier molecular flexibility index (Phi) is 5.13. The largest absolute Gasteiger partial charge is 0.378 e. The Labute approximate surface area is 154 Å². The summed E-state index contributed by atoms with van der Waals surface area (Å²) in [6.07, 6.45) is 1.31. The van der Waals surface area contributed by atoms with Crippen molar-refractivity contribution < 1.29 is 4.79 Å². The van der Waals surface area contributed by atoms with Gasteiger partial charge in [0.1, 0.15) is 0 Å². The molecule has 2 amide bonds. The number of hydrogen-bond donors (Lipinski definition) is 1. The zero-order valence-corrected chi connectivity index (χ0v) is 15.3. The van der Waals surface area contributed by atoms with Gasteiger partial charge in [-0.25, -0.2) is 4.79 Å². The maximum atomic E-state index is 12.5. The molecule has 1 aliphatic rings. The van der Waals surface area contributed by atoms with E-state index in [0.717, 1.165) is 16.9 Å². The highest BCUT2D eigenvalue weighted by Crippen LogP contribution is 2.35. The molecule has 1 saturated heterocycles. The Hall–Kier alpha value is -3.00. The monoisotopic (exact) mass is 348 g/mol. The van der Waals surface area contributed by atoms with Gasteiger partial charge in [0.2, 0.25) is 0 Å². The van der Waals surface area contributed by atoms with Crippen LogP contribution in [0.3, 0.4) is 0 Å². The van der Waals surface area contributed by atoms with Gasteiger partial charge in [-0.15, -0.1) is 0 Å². The molecule has 0 spiro atoms. The van der Waals surface area contributed by atoms with E-state index in [0.29, 0.717) is 25.9 Å². The number of likely N-dealkylation sites (tertiary alicyclic amines) is 1. The first kappa shape index (κ1) is 17.8. The van der Waals surface area contributed by atoms with Crippen molar-refractivity contribution in [1.29, 1.82) is 5.26 Å². The van der Waals surface area contributed by atoms with Crippen molar-refractivity contribution in [2.45, 2.75) is 18.3 Å². The summed E-state index contributed by atoms with van der Waals surface area (Å²) in [6, 6.07) is 20.0. The van der Waals surface area contributed by atoms with Crippen LogP contribution in [-0.4, -0.2) is 38.1 Å². The second-order valence-corrected chi connectivity index (χ2v) is 6.92. The molecule has 26 heavy (non-hydrogen) atoms. The van der Waals surface area contributed by atoms with Crippen molar-refractivity contribution in [3.8, 4) is 6.07 Å². The average Bonchev–Trinajstić information content (AvgIpc) is 2.69. The highest BCUT2D eigenvalue weighted by molar-refractivity contribution is 5.89. The lowest BCUT2D eigenvalue weighted by molar-refractivity contribution is 0.183. The van der Waals surface area contributed by atoms with Gasteiger partial charge >= 0.3 is 6.03 Å². The van der Waals surface area contributed by atoms with Crippen LogP contribution in [0.15, 0.2) is 54.6 Å². The normalized spacial score (nSPS) is 15.8. The van der Waals surface area contributed by atoms with E-state index >= 15 is 0 Å². The molecular formula is C21H24N4O. The Morgan fingerprint density at radius 3 is 2.23 bits per heavy atom. The molecule has 0 atom stereocenters. The molecule has 0 saturated carbocycles. The molecule has 1 fully saturated rings. The molecule has 134 valence electrons. The number of nitrogens with one attached hydrogen (secondary N) is 1. The van der Waals surface area contributed by atoms with Gasteiger partial charge < -0.3 is 15.1 Å². The van der Waals surface area contributed by atoms with Crippen molar-refractivity contribution in [1.82, 2.24) is 4.90 Å². The Morgan fingerprint density at radius 2 is 1.69 bits per heavy atom. The summed E-state index contributed by atoms with van der Waals surface area (Å²) in [5, 5.41) is 12.7. The van der Waals surface area contributed by atoms with E-state index in [1.165, 1.54) is 0 Å². The minimum atomic E-state index is -0.495. The molecule has 2 aromatic carbocycles. The van der Waals surface area contributed by atoms with E-state index in [2.05, 4.69) is 11.4 Å². The van der Waals surface area contributed by atoms with Gasteiger partial charge in [-0.3, -0.25) is 0 Å². The Bertz CT molecular complexity index is 785. The third kappa shape index (κ3) is 3.65. The molecule has 0 bridgehead atoms. The van der Waals surface area contributed by atoms with Gasteiger partial charge in [0, 0.05) is 38.6 Å². The quantitative estimate of drug-likeness (QED) is 0.917. The molecule has 0 radical (unpaired) electrons. The van der Waals surface area contributed by atoms with Crippen LogP contribution in [0.5, 0.6) is 0 Å². The van der Waals surface area contributed by atoms with Crippen LogP contribution in [0.1, 0.15) is 18.4 Å². The molecule has 0 aliphatic carbocycles. The number of carbonyl (C=O) groups is 1. The lowest BCUT2D eigenvalue weighted by atomic mass is 9.74. The fourth-order valence-electron chi connectivity index (χ4n) is 3.36. The van der Waals surface area contributed by atoms with Gasteiger partial charge in [-0.05, 0) is 42.7 Å². The number of benzene rings is 2. The van der Waals surface area contributed by atoms with Crippen LogP contribution in [0.25, 0.3) is 0 Å². The maximum Gasteiger partial charge on any atom is 0.321 e. The van der Waals surface area contributed by atoms with Crippen molar-refractivity contribution >= 4 is 17.4 Å². The van der Waals surface area contributed by atoms with Gasteiger partial charge in [0.05, 0.1) is 11.5 Å². The molecule has 1 N–H and O–H groups in total. The fourth-order valence-corrected chi connectivity index (χ4v) is 3.36. The van der Waals surface area contributed by atoms with Crippen molar-refractivity contribution in [2.24, 2.45) is 0 Å². The smallest absolute Gasteiger partial charge is 0.321 e. The second kappa shape index (κ2) is 7.49.